The van der Waals surface area contributed by atoms with E-state index in [2.05, 4.69) is 15.3 Å². The lowest BCUT2D eigenvalue weighted by Gasteiger charge is -2.34. The molecule has 118 valence electrons. The van der Waals surface area contributed by atoms with Crippen LogP contribution in [0.4, 0.5) is 24.9 Å². The van der Waals surface area contributed by atoms with Crippen molar-refractivity contribution < 1.29 is 18.3 Å². The molecule has 2 N–H and O–H groups in total. The summed E-state index contributed by atoms with van der Waals surface area (Å²) in [5.74, 6) is 0.495. The van der Waals surface area contributed by atoms with Crippen LogP contribution in [0.1, 0.15) is 25.5 Å². The molecule has 0 radical (unpaired) electrons. The zero-order chi connectivity index (χ0) is 15.6. The maximum atomic E-state index is 12.9. The Labute approximate surface area is 121 Å². The van der Waals surface area contributed by atoms with Gasteiger partial charge in [0.1, 0.15) is 5.82 Å². The molecule has 0 amide bonds. The molecule has 1 saturated carbocycles. The molecule has 0 aromatic carbocycles. The fraction of sp³-hybridized carbons (Fsp3) is 0.692. The highest BCUT2D eigenvalue weighted by Crippen LogP contribution is 2.32. The largest absolute Gasteiger partial charge is 0.433 e. The van der Waals surface area contributed by atoms with Crippen molar-refractivity contribution in [3.63, 3.8) is 0 Å². The predicted octanol–water partition coefficient (Wildman–Crippen LogP) is 2.13. The Morgan fingerprint density at radius 3 is 2.57 bits per heavy atom. The van der Waals surface area contributed by atoms with Gasteiger partial charge in [0.05, 0.1) is 6.10 Å². The second-order valence-electron chi connectivity index (χ2n) is 5.33. The number of anilines is 2. The number of aromatic nitrogens is 2. The summed E-state index contributed by atoms with van der Waals surface area (Å²) in [6.45, 7) is 2.78. The first-order valence-electron chi connectivity index (χ1n) is 6.89. The Hall–Kier alpha value is -1.57. The number of rotatable bonds is 5. The van der Waals surface area contributed by atoms with Gasteiger partial charge in [-0.05, 0) is 25.7 Å². The summed E-state index contributed by atoms with van der Waals surface area (Å²) in [5.41, 5.74) is -0.955. The van der Waals surface area contributed by atoms with E-state index in [1.165, 1.54) is 0 Å². The highest BCUT2D eigenvalue weighted by atomic mass is 19.4. The van der Waals surface area contributed by atoms with Crippen LogP contribution in [0.5, 0.6) is 0 Å². The van der Waals surface area contributed by atoms with E-state index in [0.717, 1.165) is 6.07 Å². The summed E-state index contributed by atoms with van der Waals surface area (Å²) in [6.07, 6.45) is -3.42. The highest BCUT2D eigenvalue weighted by molar-refractivity contribution is 5.45. The molecule has 8 heteroatoms. The number of halogens is 3. The summed E-state index contributed by atoms with van der Waals surface area (Å²) in [5, 5.41) is 12.0. The molecular weight excluding hydrogens is 285 g/mol. The Bertz CT molecular complexity index is 489. The van der Waals surface area contributed by atoms with Gasteiger partial charge in [-0.15, -0.1) is 0 Å². The van der Waals surface area contributed by atoms with E-state index in [9.17, 15) is 18.3 Å². The molecular formula is C13H19F3N4O. The topological polar surface area (TPSA) is 61.3 Å². The minimum absolute atomic E-state index is 0.0252. The van der Waals surface area contributed by atoms with Crippen LogP contribution in [0.2, 0.25) is 0 Å². The van der Waals surface area contributed by atoms with Crippen LogP contribution in [-0.4, -0.2) is 41.3 Å². The van der Waals surface area contributed by atoms with Gasteiger partial charge in [0.2, 0.25) is 5.95 Å². The van der Waals surface area contributed by atoms with Gasteiger partial charge in [-0.2, -0.15) is 18.2 Å². The van der Waals surface area contributed by atoms with Gasteiger partial charge in [-0.1, -0.05) is 0 Å². The first-order valence-corrected chi connectivity index (χ1v) is 6.89. The van der Waals surface area contributed by atoms with Crippen LogP contribution >= 0.6 is 0 Å². The fourth-order valence-electron chi connectivity index (χ4n) is 2.34. The third-order valence-electron chi connectivity index (χ3n) is 3.47. The zero-order valence-electron chi connectivity index (χ0n) is 12.0. The first-order chi connectivity index (χ1) is 9.79. The van der Waals surface area contributed by atoms with Crippen molar-refractivity contribution in [2.45, 2.75) is 32.0 Å². The lowest BCUT2D eigenvalue weighted by molar-refractivity contribution is -0.141. The second-order valence-corrected chi connectivity index (χ2v) is 5.33. The molecule has 0 aliphatic heterocycles. The average Bonchev–Trinajstić information content (AvgIpc) is 2.36. The molecule has 1 heterocycles. The Morgan fingerprint density at radius 1 is 1.38 bits per heavy atom. The van der Waals surface area contributed by atoms with E-state index in [1.54, 1.807) is 18.9 Å². The molecule has 1 fully saturated rings. The van der Waals surface area contributed by atoms with Gasteiger partial charge in [0.25, 0.3) is 0 Å². The van der Waals surface area contributed by atoms with Gasteiger partial charge in [0, 0.05) is 26.2 Å². The van der Waals surface area contributed by atoms with E-state index >= 15 is 0 Å². The second kappa shape index (κ2) is 6.05. The molecule has 1 aromatic rings. The maximum Gasteiger partial charge on any atom is 0.433 e. The van der Waals surface area contributed by atoms with Crippen molar-refractivity contribution in [3.8, 4) is 0 Å². The molecule has 0 spiro atoms. The van der Waals surface area contributed by atoms with Gasteiger partial charge in [-0.3, -0.25) is 0 Å². The Balaban J connectivity index is 2.18. The number of hydrogen-bond donors (Lipinski definition) is 2. The predicted molar refractivity (Wildman–Crippen MR) is 73.2 cm³/mol. The van der Waals surface area contributed by atoms with Crippen LogP contribution in [0, 0.1) is 5.92 Å². The highest BCUT2D eigenvalue weighted by Gasteiger charge is 2.34. The summed E-state index contributed by atoms with van der Waals surface area (Å²) < 4.78 is 38.6. The molecule has 21 heavy (non-hydrogen) atoms. The van der Waals surface area contributed by atoms with Crippen molar-refractivity contribution in [2.24, 2.45) is 5.92 Å². The van der Waals surface area contributed by atoms with E-state index < -0.39 is 11.9 Å². The Morgan fingerprint density at radius 2 is 2.05 bits per heavy atom. The number of aliphatic hydroxyl groups excluding tert-OH is 1. The van der Waals surface area contributed by atoms with Gasteiger partial charge in [0.15, 0.2) is 5.69 Å². The third-order valence-corrected chi connectivity index (χ3v) is 3.47. The summed E-state index contributed by atoms with van der Waals surface area (Å²) in [4.78, 5) is 9.27. The van der Waals surface area contributed by atoms with Crippen LogP contribution in [0.25, 0.3) is 0 Å². The van der Waals surface area contributed by atoms with Crippen molar-refractivity contribution in [1.82, 2.24) is 9.97 Å². The third kappa shape index (κ3) is 3.96. The lowest BCUT2D eigenvalue weighted by Crippen LogP contribution is -2.37. The number of hydrogen-bond acceptors (Lipinski definition) is 5. The lowest BCUT2D eigenvalue weighted by atomic mass is 9.82. The van der Waals surface area contributed by atoms with Crippen molar-refractivity contribution in [3.05, 3.63) is 11.8 Å². The quantitative estimate of drug-likeness (QED) is 0.872. The van der Waals surface area contributed by atoms with Crippen molar-refractivity contribution >= 4 is 11.8 Å². The summed E-state index contributed by atoms with van der Waals surface area (Å²) in [7, 11) is 1.70. The minimum Gasteiger partial charge on any atom is -0.393 e. The number of nitrogens with zero attached hydrogens (tertiary/aromatic N) is 3. The van der Waals surface area contributed by atoms with Crippen LogP contribution in [0.15, 0.2) is 6.07 Å². The SMILES string of the molecule is CCNc1nc(N(C)CC2CC(O)C2)cc(C(F)(F)F)n1. The molecule has 2 rings (SSSR count). The normalized spacial score (nSPS) is 21.8. The molecule has 1 aliphatic carbocycles. The minimum atomic E-state index is -4.50. The van der Waals surface area contributed by atoms with Gasteiger partial charge < -0.3 is 15.3 Å². The van der Waals surface area contributed by atoms with E-state index in [1.807, 2.05) is 0 Å². The summed E-state index contributed by atoms with van der Waals surface area (Å²) in [6, 6.07) is 0.954. The average molecular weight is 304 g/mol. The van der Waals surface area contributed by atoms with Crippen LogP contribution in [0.3, 0.4) is 0 Å². The molecule has 0 saturated heterocycles. The monoisotopic (exact) mass is 304 g/mol. The smallest absolute Gasteiger partial charge is 0.393 e. The summed E-state index contributed by atoms with van der Waals surface area (Å²) >= 11 is 0. The van der Waals surface area contributed by atoms with Crippen LogP contribution in [-0.2, 0) is 6.18 Å². The van der Waals surface area contributed by atoms with E-state index in [0.29, 0.717) is 25.9 Å². The van der Waals surface area contributed by atoms with Crippen molar-refractivity contribution in [2.75, 3.05) is 30.4 Å². The van der Waals surface area contributed by atoms with Crippen molar-refractivity contribution in [1.29, 1.82) is 0 Å². The van der Waals surface area contributed by atoms with Gasteiger partial charge in [-0.25, -0.2) is 4.98 Å². The number of nitrogens with one attached hydrogen (secondary N) is 1. The molecule has 0 atom stereocenters. The van der Waals surface area contributed by atoms with Crippen LogP contribution < -0.4 is 10.2 Å². The molecule has 1 aromatic heterocycles. The van der Waals surface area contributed by atoms with E-state index in [4.69, 9.17) is 0 Å². The number of alkyl halides is 3. The Kier molecular flexibility index (Phi) is 4.55. The maximum absolute atomic E-state index is 12.9. The van der Waals surface area contributed by atoms with E-state index in [-0.39, 0.29) is 23.8 Å². The zero-order valence-corrected chi connectivity index (χ0v) is 12.0. The molecule has 0 bridgehead atoms. The fourth-order valence-corrected chi connectivity index (χ4v) is 2.34. The van der Waals surface area contributed by atoms with Gasteiger partial charge >= 0.3 is 6.18 Å². The first kappa shape index (κ1) is 15.8. The standard InChI is InChI=1S/C13H19F3N4O/c1-3-17-12-18-10(13(14,15)16)6-11(19-12)20(2)7-8-4-9(21)5-8/h6,8-9,21H,3-5,7H2,1-2H3,(H,17,18,19). The molecule has 5 nitrogen and oxygen atoms in total. The molecule has 0 unspecified atom stereocenters. The molecule has 1 aliphatic rings. The number of aliphatic hydroxyl groups is 1.